The van der Waals surface area contributed by atoms with Gasteiger partial charge in [-0.05, 0) is 24.3 Å². The lowest BCUT2D eigenvalue weighted by atomic mass is 10.1. The molecule has 0 radical (unpaired) electrons. The summed E-state index contributed by atoms with van der Waals surface area (Å²) in [6.07, 6.45) is 6.76. The summed E-state index contributed by atoms with van der Waals surface area (Å²) in [5, 5.41) is 1.40. The Kier molecular flexibility index (Phi) is 4.19. The number of nitrogens with zero attached hydrogens (tertiary/aromatic N) is 5. The van der Waals surface area contributed by atoms with Crippen LogP contribution in [0.1, 0.15) is 10.4 Å². The monoisotopic (exact) mass is 353 g/mol. The van der Waals surface area contributed by atoms with Crippen molar-refractivity contribution in [2.45, 2.75) is 0 Å². The number of hydrogen-bond donors (Lipinski definition) is 0. The van der Waals surface area contributed by atoms with Gasteiger partial charge in [0, 0.05) is 50.2 Å². The lowest BCUT2D eigenvalue weighted by molar-refractivity contribution is 0.0748. The molecule has 6 nitrogen and oxygen atoms in total. The molecule has 1 aliphatic heterocycles. The fraction of sp³-hybridized carbons (Fsp3) is 0.222. The van der Waals surface area contributed by atoms with Gasteiger partial charge in [-0.2, -0.15) is 0 Å². The van der Waals surface area contributed by atoms with Gasteiger partial charge in [0.15, 0.2) is 0 Å². The first kappa shape index (κ1) is 15.8. The van der Waals surface area contributed by atoms with Crippen molar-refractivity contribution in [2.24, 2.45) is 0 Å². The molecule has 3 heterocycles. The summed E-state index contributed by atoms with van der Waals surface area (Å²) in [5.41, 5.74) is 1.24. The molecule has 0 bridgehead atoms. The molecule has 0 atom stereocenters. The van der Waals surface area contributed by atoms with Crippen LogP contribution in [0.3, 0.4) is 0 Å². The number of halogens is 1. The Labute approximate surface area is 150 Å². The molecule has 0 N–H and O–H groups in total. The molecule has 25 heavy (non-hydrogen) atoms. The first-order chi connectivity index (χ1) is 12.2. The van der Waals surface area contributed by atoms with Gasteiger partial charge in [-0.25, -0.2) is 4.98 Å². The van der Waals surface area contributed by atoms with Gasteiger partial charge in [0.1, 0.15) is 5.82 Å². The van der Waals surface area contributed by atoms with Crippen LogP contribution in [-0.2, 0) is 0 Å². The second-order valence-electron chi connectivity index (χ2n) is 5.84. The minimum atomic E-state index is -0.0147. The van der Waals surface area contributed by atoms with Crippen LogP contribution in [0.4, 0.5) is 5.82 Å². The molecule has 1 aliphatic rings. The summed E-state index contributed by atoms with van der Waals surface area (Å²) in [7, 11) is 0. The van der Waals surface area contributed by atoms with Gasteiger partial charge < -0.3 is 9.80 Å². The zero-order valence-electron chi connectivity index (χ0n) is 13.5. The molecule has 126 valence electrons. The number of fused-ring (bicyclic) bond motifs is 1. The molecule has 0 aliphatic carbocycles. The molecule has 1 saturated heterocycles. The SMILES string of the molecule is O=C(c1ccc(Cl)c2cccnc12)N1CCN(c2cnccn2)CC1. The highest BCUT2D eigenvalue weighted by atomic mass is 35.5. The first-order valence-corrected chi connectivity index (χ1v) is 8.45. The number of benzene rings is 1. The molecule has 1 aromatic carbocycles. The van der Waals surface area contributed by atoms with Crippen molar-refractivity contribution in [3.8, 4) is 0 Å². The second-order valence-corrected chi connectivity index (χ2v) is 6.24. The zero-order valence-corrected chi connectivity index (χ0v) is 14.2. The maximum Gasteiger partial charge on any atom is 0.256 e. The minimum absolute atomic E-state index is 0.0147. The van der Waals surface area contributed by atoms with Crippen molar-refractivity contribution < 1.29 is 4.79 Å². The van der Waals surface area contributed by atoms with Crippen molar-refractivity contribution in [3.05, 3.63) is 59.6 Å². The number of carbonyl (C=O) groups is 1. The Morgan fingerprint density at radius 1 is 1.00 bits per heavy atom. The molecular formula is C18H16ClN5O. The van der Waals surface area contributed by atoms with E-state index in [4.69, 9.17) is 11.6 Å². The van der Waals surface area contributed by atoms with Crippen molar-refractivity contribution >= 4 is 34.2 Å². The Morgan fingerprint density at radius 2 is 1.84 bits per heavy atom. The van der Waals surface area contributed by atoms with E-state index < -0.39 is 0 Å². The maximum atomic E-state index is 13.0. The second kappa shape index (κ2) is 6.64. The Bertz CT molecular complexity index is 910. The van der Waals surface area contributed by atoms with E-state index in [-0.39, 0.29) is 5.91 Å². The lowest BCUT2D eigenvalue weighted by Crippen LogP contribution is -2.49. The van der Waals surface area contributed by atoms with Crippen LogP contribution in [0.5, 0.6) is 0 Å². The van der Waals surface area contributed by atoms with E-state index >= 15 is 0 Å². The van der Waals surface area contributed by atoms with Crippen LogP contribution < -0.4 is 4.90 Å². The number of aromatic nitrogens is 3. The molecule has 0 spiro atoms. The maximum absolute atomic E-state index is 13.0. The topological polar surface area (TPSA) is 62.2 Å². The largest absolute Gasteiger partial charge is 0.352 e. The first-order valence-electron chi connectivity index (χ1n) is 8.07. The van der Waals surface area contributed by atoms with Crippen LogP contribution in [0, 0.1) is 0 Å². The molecule has 3 aromatic rings. The number of piperazine rings is 1. The van der Waals surface area contributed by atoms with Gasteiger partial charge in [0.25, 0.3) is 5.91 Å². The number of amides is 1. The number of hydrogen-bond acceptors (Lipinski definition) is 5. The highest BCUT2D eigenvalue weighted by Crippen LogP contribution is 2.26. The average Bonchev–Trinajstić information content (AvgIpc) is 2.69. The normalized spacial score (nSPS) is 14.8. The third-order valence-corrected chi connectivity index (χ3v) is 4.72. The molecule has 0 saturated carbocycles. The number of carbonyl (C=O) groups excluding carboxylic acids is 1. The molecule has 7 heteroatoms. The van der Waals surface area contributed by atoms with Gasteiger partial charge in [-0.1, -0.05) is 11.6 Å². The minimum Gasteiger partial charge on any atom is -0.352 e. The summed E-state index contributed by atoms with van der Waals surface area (Å²) in [5.74, 6) is 0.826. The van der Waals surface area contributed by atoms with Gasteiger partial charge in [0.2, 0.25) is 0 Å². The van der Waals surface area contributed by atoms with E-state index in [1.807, 2.05) is 17.0 Å². The van der Waals surface area contributed by atoms with Gasteiger partial charge >= 0.3 is 0 Å². The summed E-state index contributed by atoms with van der Waals surface area (Å²) >= 11 is 6.22. The summed E-state index contributed by atoms with van der Waals surface area (Å²) < 4.78 is 0. The molecule has 2 aromatic heterocycles. The van der Waals surface area contributed by atoms with Crippen LogP contribution in [-0.4, -0.2) is 51.9 Å². The van der Waals surface area contributed by atoms with E-state index in [0.717, 1.165) is 24.3 Å². The summed E-state index contributed by atoms with van der Waals surface area (Å²) in [6, 6.07) is 7.22. The van der Waals surface area contributed by atoms with E-state index in [1.165, 1.54) is 0 Å². The van der Waals surface area contributed by atoms with Crippen LogP contribution >= 0.6 is 11.6 Å². The third kappa shape index (κ3) is 3.00. The lowest BCUT2D eigenvalue weighted by Gasteiger charge is -2.35. The average molecular weight is 354 g/mol. The Balaban J connectivity index is 1.54. The fourth-order valence-corrected chi connectivity index (χ4v) is 3.29. The Morgan fingerprint density at radius 3 is 2.60 bits per heavy atom. The standard InChI is InChI=1S/C18H16ClN5O/c19-15-4-3-14(17-13(15)2-1-5-22-17)18(25)24-10-8-23(9-11-24)16-12-20-6-7-21-16/h1-7,12H,8-11H2. The fourth-order valence-electron chi connectivity index (χ4n) is 3.07. The van der Waals surface area contributed by atoms with Crippen molar-refractivity contribution in [1.82, 2.24) is 19.9 Å². The predicted octanol–water partition coefficient (Wildman–Crippen LogP) is 2.64. The van der Waals surface area contributed by atoms with Crippen LogP contribution in [0.25, 0.3) is 10.9 Å². The van der Waals surface area contributed by atoms with E-state index in [0.29, 0.717) is 29.2 Å². The van der Waals surface area contributed by atoms with Crippen LogP contribution in [0.15, 0.2) is 49.1 Å². The quantitative estimate of drug-likeness (QED) is 0.708. The van der Waals surface area contributed by atoms with Gasteiger partial charge in [0.05, 0.1) is 22.3 Å². The van der Waals surface area contributed by atoms with Gasteiger partial charge in [-0.15, -0.1) is 0 Å². The molecule has 1 fully saturated rings. The van der Waals surface area contributed by atoms with E-state index in [9.17, 15) is 4.79 Å². The van der Waals surface area contributed by atoms with Gasteiger partial charge in [-0.3, -0.25) is 14.8 Å². The van der Waals surface area contributed by atoms with Crippen molar-refractivity contribution in [1.29, 1.82) is 0 Å². The zero-order chi connectivity index (χ0) is 17.2. The summed E-state index contributed by atoms with van der Waals surface area (Å²) in [4.78, 5) is 29.7. The van der Waals surface area contributed by atoms with Crippen molar-refractivity contribution in [3.63, 3.8) is 0 Å². The number of pyridine rings is 1. The van der Waals surface area contributed by atoms with Crippen LogP contribution in [0.2, 0.25) is 5.02 Å². The van der Waals surface area contributed by atoms with E-state index in [2.05, 4.69) is 19.9 Å². The number of rotatable bonds is 2. The summed E-state index contributed by atoms with van der Waals surface area (Å²) in [6.45, 7) is 2.71. The molecule has 4 rings (SSSR count). The highest BCUT2D eigenvalue weighted by molar-refractivity contribution is 6.36. The molecular weight excluding hydrogens is 338 g/mol. The number of anilines is 1. The highest BCUT2D eigenvalue weighted by Gasteiger charge is 2.24. The van der Waals surface area contributed by atoms with Crippen molar-refractivity contribution in [2.75, 3.05) is 31.1 Å². The molecule has 1 amide bonds. The van der Waals surface area contributed by atoms with E-state index in [1.54, 1.807) is 36.9 Å². The smallest absolute Gasteiger partial charge is 0.256 e. The molecule has 0 unspecified atom stereocenters. The Hall–Kier alpha value is -2.73. The third-order valence-electron chi connectivity index (χ3n) is 4.39. The predicted molar refractivity (Wildman–Crippen MR) is 96.9 cm³/mol.